The number of nitrogens with one attached hydrogen (secondary N) is 3. The van der Waals surface area contributed by atoms with E-state index in [1.165, 1.54) is 18.2 Å². The van der Waals surface area contributed by atoms with Crippen LogP contribution in [0.3, 0.4) is 0 Å². The molecule has 1 aliphatic heterocycles. The van der Waals surface area contributed by atoms with E-state index in [1.54, 1.807) is 30.6 Å². The van der Waals surface area contributed by atoms with Gasteiger partial charge in [-0.25, -0.2) is 9.18 Å². The molecule has 3 atom stereocenters. The van der Waals surface area contributed by atoms with Gasteiger partial charge in [0, 0.05) is 24.6 Å². The highest BCUT2D eigenvalue weighted by atomic mass is 19.1. The molecule has 3 amide bonds. The molecule has 0 radical (unpaired) electrons. The summed E-state index contributed by atoms with van der Waals surface area (Å²) in [6.45, 7) is 0.223. The second kappa shape index (κ2) is 11.4. The van der Waals surface area contributed by atoms with E-state index in [2.05, 4.69) is 20.9 Å². The molecule has 1 saturated heterocycles. The van der Waals surface area contributed by atoms with E-state index in [4.69, 9.17) is 4.74 Å². The highest BCUT2D eigenvalue weighted by Gasteiger charge is 2.31. The van der Waals surface area contributed by atoms with Crippen LogP contribution in [-0.4, -0.2) is 53.4 Å². The highest BCUT2D eigenvalue weighted by Crippen LogP contribution is 2.22. The molecule has 1 fully saturated rings. The van der Waals surface area contributed by atoms with Gasteiger partial charge in [-0.2, -0.15) is 0 Å². The molecule has 0 aliphatic carbocycles. The van der Waals surface area contributed by atoms with Gasteiger partial charge in [0.05, 0.1) is 25.2 Å². The van der Waals surface area contributed by atoms with Crippen molar-refractivity contribution >= 4 is 17.6 Å². The molecule has 31 heavy (non-hydrogen) atoms. The maximum Gasteiger partial charge on any atom is 0.319 e. The minimum Gasteiger partial charge on any atom is -0.394 e. The van der Waals surface area contributed by atoms with Gasteiger partial charge in [0.1, 0.15) is 11.9 Å². The van der Waals surface area contributed by atoms with Gasteiger partial charge >= 0.3 is 6.03 Å². The fourth-order valence-corrected chi connectivity index (χ4v) is 3.53. The van der Waals surface area contributed by atoms with Gasteiger partial charge in [0.15, 0.2) is 0 Å². The Bertz CT molecular complexity index is 868. The summed E-state index contributed by atoms with van der Waals surface area (Å²) in [5.74, 6) is -0.517. The predicted octanol–water partition coefficient (Wildman–Crippen LogP) is 2.00. The highest BCUT2D eigenvalue weighted by molar-refractivity contribution is 5.89. The standard InChI is InChI=1S/C22H27FN4O4/c23-16-2-1-3-17(13-16)26-22(30)27-19-5-4-18(31-20(19)14-28)8-11-25-21(29)12-15-6-9-24-10-7-15/h1-3,6-7,9-10,13,18-20,28H,4-5,8,11-12,14H2,(H,25,29)(H2,26,27,30)/t18-,19-,20-/m0/s1. The number of rotatable bonds is 8. The number of aliphatic hydroxyl groups is 1. The lowest BCUT2D eigenvalue weighted by atomic mass is 9.97. The van der Waals surface area contributed by atoms with Crippen molar-refractivity contribution in [2.45, 2.75) is 43.9 Å². The van der Waals surface area contributed by atoms with Crippen molar-refractivity contribution < 1.29 is 23.8 Å². The molecule has 0 saturated carbocycles. The number of anilines is 1. The number of benzene rings is 1. The third kappa shape index (κ3) is 7.30. The van der Waals surface area contributed by atoms with E-state index in [-0.39, 0.29) is 24.7 Å². The molecule has 8 nitrogen and oxygen atoms in total. The maximum absolute atomic E-state index is 13.2. The lowest BCUT2D eigenvalue weighted by molar-refractivity contribution is -0.121. The maximum atomic E-state index is 13.2. The van der Waals surface area contributed by atoms with Crippen molar-refractivity contribution in [3.8, 4) is 0 Å². The molecule has 0 unspecified atom stereocenters. The van der Waals surface area contributed by atoms with Crippen LogP contribution in [0.25, 0.3) is 0 Å². The smallest absolute Gasteiger partial charge is 0.319 e. The van der Waals surface area contributed by atoms with Gasteiger partial charge in [-0.05, 0) is 55.2 Å². The Kier molecular flexibility index (Phi) is 8.31. The van der Waals surface area contributed by atoms with Gasteiger partial charge in [-0.1, -0.05) is 6.07 Å². The van der Waals surface area contributed by atoms with Crippen molar-refractivity contribution in [2.75, 3.05) is 18.5 Å². The zero-order chi connectivity index (χ0) is 22.1. The van der Waals surface area contributed by atoms with Crippen LogP contribution in [0.15, 0.2) is 48.8 Å². The third-order valence-electron chi connectivity index (χ3n) is 5.10. The molecular formula is C22H27FN4O4. The number of hydrogen-bond acceptors (Lipinski definition) is 5. The van der Waals surface area contributed by atoms with E-state index in [1.807, 2.05) is 0 Å². The summed E-state index contributed by atoms with van der Waals surface area (Å²) in [5, 5.41) is 17.9. The van der Waals surface area contributed by atoms with Crippen molar-refractivity contribution in [3.63, 3.8) is 0 Å². The summed E-state index contributed by atoms with van der Waals surface area (Å²) < 4.78 is 19.1. The zero-order valence-electron chi connectivity index (χ0n) is 17.1. The topological polar surface area (TPSA) is 113 Å². The molecule has 1 aromatic heterocycles. The van der Waals surface area contributed by atoms with Crippen LogP contribution in [0.1, 0.15) is 24.8 Å². The lowest BCUT2D eigenvalue weighted by Gasteiger charge is -2.36. The molecule has 2 aromatic rings. The Balaban J connectivity index is 1.39. The van der Waals surface area contributed by atoms with Gasteiger partial charge in [-0.15, -0.1) is 0 Å². The van der Waals surface area contributed by atoms with Gasteiger partial charge in [0.2, 0.25) is 5.91 Å². The fraction of sp³-hybridized carbons (Fsp3) is 0.409. The summed E-state index contributed by atoms with van der Waals surface area (Å²) in [4.78, 5) is 28.2. The first-order valence-corrected chi connectivity index (χ1v) is 10.3. The Morgan fingerprint density at radius 2 is 2.00 bits per heavy atom. The van der Waals surface area contributed by atoms with Crippen LogP contribution < -0.4 is 16.0 Å². The van der Waals surface area contributed by atoms with E-state index >= 15 is 0 Å². The van der Waals surface area contributed by atoms with Gasteiger partial charge in [-0.3, -0.25) is 9.78 Å². The molecular weight excluding hydrogens is 403 g/mol. The number of nitrogens with zero attached hydrogens (tertiary/aromatic N) is 1. The van der Waals surface area contributed by atoms with Gasteiger partial charge < -0.3 is 25.8 Å². The van der Waals surface area contributed by atoms with Crippen LogP contribution in [0, 0.1) is 5.82 Å². The predicted molar refractivity (Wildman–Crippen MR) is 113 cm³/mol. The number of amides is 3. The first-order chi connectivity index (χ1) is 15.0. The Labute approximate surface area is 180 Å². The molecule has 0 spiro atoms. The van der Waals surface area contributed by atoms with Crippen LogP contribution in [0.2, 0.25) is 0 Å². The number of pyridine rings is 1. The minimum absolute atomic E-state index is 0.0747. The Hall–Kier alpha value is -3.04. The molecule has 3 rings (SSSR count). The number of carbonyl (C=O) groups excluding carboxylic acids is 2. The number of urea groups is 1. The second-order valence-electron chi connectivity index (χ2n) is 7.44. The van der Waals surface area contributed by atoms with Crippen molar-refractivity contribution in [1.82, 2.24) is 15.6 Å². The summed E-state index contributed by atoms with van der Waals surface area (Å²) in [6, 6.07) is 8.35. The Morgan fingerprint density at radius 1 is 1.19 bits per heavy atom. The van der Waals surface area contributed by atoms with Crippen LogP contribution >= 0.6 is 0 Å². The summed E-state index contributed by atoms with van der Waals surface area (Å²) in [7, 11) is 0. The van der Waals surface area contributed by atoms with Crippen molar-refractivity contribution in [2.24, 2.45) is 0 Å². The quantitative estimate of drug-likeness (QED) is 0.512. The molecule has 9 heteroatoms. The summed E-state index contributed by atoms with van der Waals surface area (Å²) in [5.41, 5.74) is 1.24. The number of ether oxygens (including phenoxy) is 1. The second-order valence-corrected chi connectivity index (χ2v) is 7.44. The zero-order valence-corrected chi connectivity index (χ0v) is 17.1. The van der Waals surface area contributed by atoms with Crippen LogP contribution in [0.4, 0.5) is 14.9 Å². The van der Waals surface area contributed by atoms with Crippen molar-refractivity contribution in [3.05, 3.63) is 60.2 Å². The van der Waals surface area contributed by atoms with E-state index in [0.29, 0.717) is 37.9 Å². The molecule has 1 aromatic carbocycles. The number of hydrogen-bond donors (Lipinski definition) is 4. The molecule has 1 aliphatic rings. The first-order valence-electron chi connectivity index (χ1n) is 10.3. The number of carbonyl (C=O) groups is 2. The van der Waals surface area contributed by atoms with Crippen molar-refractivity contribution in [1.29, 1.82) is 0 Å². The lowest BCUT2D eigenvalue weighted by Crippen LogP contribution is -2.52. The van der Waals surface area contributed by atoms with E-state index < -0.39 is 18.0 Å². The fourth-order valence-electron chi connectivity index (χ4n) is 3.53. The normalized spacial score (nSPS) is 20.6. The number of aromatic nitrogens is 1. The summed E-state index contributed by atoms with van der Waals surface area (Å²) in [6.07, 6.45) is 4.83. The van der Waals surface area contributed by atoms with Gasteiger partial charge in [0.25, 0.3) is 0 Å². The molecule has 166 valence electrons. The van der Waals surface area contributed by atoms with Crippen LogP contribution in [0.5, 0.6) is 0 Å². The molecule has 0 bridgehead atoms. The number of halogens is 1. The van der Waals surface area contributed by atoms with E-state index in [0.717, 1.165) is 5.56 Å². The average Bonchev–Trinajstić information content (AvgIpc) is 2.75. The summed E-state index contributed by atoms with van der Waals surface area (Å²) >= 11 is 0. The monoisotopic (exact) mass is 430 g/mol. The minimum atomic E-state index is -0.551. The average molecular weight is 430 g/mol. The van der Waals surface area contributed by atoms with Crippen LogP contribution in [-0.2, 0) is 16.0 Å². The number of aliphatic hydroxyl groups excluding tert-OH is 1. The molecule has 2 heterocycles. The first kappa shape index (κ1) is 22.6. The SMILES string of the molecule is O=C(Cc1ccncc1)NCC[C@@H]1CC[C@H](NC(=O)Nc2cccc(F)c2)[C@H](CO)O1. The third-order valence-corrected chi connectivity index (χ3v) is 5.10. The molecule has 4 N–H and O–H groups in total. The Morgan fingerprint density at radius 3 is 2.74 bits per heavy atom. The van der Waals surface area contributed by atoms with E-state index in [9.17, 15) is 19.1 Å². The largest absolute Gasteiger partial charge is 0.394 e.